The number of phenols is 1. The van der Waals surface area contributed by atoms with Crippen LogP contribution in [-0.4, -0.2) is 81.0 Å². The van der Waals surface area contributed by atoms with Gasteiger partial charge in [0.1, 0.15) is 41.4 Å². The highest BCUT2D eigenvalue weighted by atomic mass is 19.1. The number of piperazine rings is 1. The summed E-state index contributed by atoms with van der Waals surface area (Å²) in [7, 11) is 0. The van der Waals surface area contributed by atoms with Gasteiger partial charge in [0, 0.05) is 61.3 Å². The summed E-state index contributed by atoms with van der Waals surface area (Å²) in [5.41, 5.74) is -0.376. The van der Waals surface area contributed by atoms with Crippen molar-refractivity contribution in [1.82, 2.24) is 25.2 Å². The van der Waals surface area contributed by atoms with Crippen LogP contribution in [0.15, 0.2) is 36.5 Å². The standard InChI is InChI=1S/C34H35F3N6O2/c35-20-12-34(11-19-4-2-6-27(19)43(34)14-20)17-45-33-40-31-25(32(41-33)42-15-21-7-8-22(16-42)39-21)13-38-30(29(31)37)24-10-23(44)9-18-3-1-5-26(36)28(18)24/h1,3,5,9-10,13,19-22,27,39,44H,2,4,6-8,11-12,14-17H2/t19-,20+,21?,22?,27-,34-/m0/s1. The molecule has 2 aromatic heterocycles. The smallest absolute Gasteiger partial charge is 0.319 e. The van der Waals surface area contributed by atoms with Gasteiger partial charge in [0.15, 0.2) is 5.82 Å². The van der Waals surface area contributed by atoms with Gasteiger partial charge in [-0.15, -0.1) is 0 Å². The first-order valence-electron chi connectivity index (χ1n) is 16.2. The van der Waals surface area contributed by atoms with Crippen LogP contribution in [0.3, 0.4) is 0 Å². The normalized spacial score (nSPS) is 30.8. The summed E-state index contributed by atoms with van der Waals surface area (Å²) in [4.78, 5) is 18.4. The molecular formula is C34H35F3N6O2. The molecule has 11 heteroatoms. The Labute approximate surface area is 258 Å². The number of nitrogens with zero attached hydrogens (tertiary/aromatic N) is 5. The van der Waals surface area contributed by atoms with E-state index in [0.29, 0.717) is 66.7 Å². The molecule has 2 bridgehead atoms. The zero-order valence-electron chi connectivity index (χ0n) is 24.9. The minimum Gasteiger partial charge on any atom is -0.508 e. The van der Waals surface area contributed by atoms with Crippen molar-refractivity contribution >= 4 is 27.5 Å². The van der Waals surface area contributed by atoms with Crippen LogP contribution in [0, 0.1) is 17.6 Å². The molecule has 6 atom stereocenters. The Morgan fingerprint density at radius 1 is 1.02 bits per heavy atom. The highest BCUT2D eigenvalue weighted by Crippen LogP contribution is 2.52. The summed E-state index contributed by atoms with van der Waals surface area (Å²) >= 11 is 0. The monoisotopic (exact) mass is 616 g/mol. The van der Waals surface area contributed by atoms with Gasteiger partial charge < -0.3 is 20.1 Å². The maximum absolute atomic E-state index is 16.7. The molecule has 8 nitrogen and oxygen atoms in total. The molecule has 45 heavy (non-hydrogen) atoms. The number of fused-ring (bicyclic) bond motifs is 7. The average Bonchev–Trinajstić information content (AvgIpc) is 3.76. The van der Waals surface area contributed by atoms with Crippen LogP contribution in [0.4, 0.5) is 19.0 Å². The molecule has 2 aromatic carbocycles. The largest absolute Gasteiger partial charge is 0.508 e. The number of ether oxygens (including phenoxy) is 1. The molecule has 234 valence electrons. The zero-order valence-corrected chi connectivity index (χ0v) is 24.9. The lowest BCUT2D eigenvalue weighted by Crippen LogP contribution is -2.51. The van der Waals surface area contributed by atoms with E-state index in [-0.39, 0.29) is 40.5 Å². The quantitative estimate of drug-likeness (QED) is 0.304. The van der Waals surface area contributed by atoms with E-state index in [1.165, 1.54) is 30.8 Å². The van der Waals surface area contributed by atoms with Gasteiger partial charge in [-0.2, -0.15) is 9.97 Å². The minimum absolute atomic E-state index is 0.0196. The lowest BCUT2D eigenvalue weighted by atomic mass is 9.89. The summed E-state index contributed by atoms with van der Waals surface area (Å²) in [5.74, 6) is -0.310. The van der Waals surface area contributed by atoms with E-state index in [0.717, 1.165) is 32.1 Å². The Kier molecular flexibility index (Phi) is 6.23. The van der Waals surface area contributed by atoms with E-state index < -0.39 is 23.3 Å². The number of halogens is 3. The first-order valence-corrected chi connectivity index (χ1v) is 16.2. The van der Waals surface area contributed by atoms with Crippen LogP contribution >= 0.6 is 0 Å². The van der Waals surface area contributed by atoms with E-state index in [1.54, 1.807) is 12.1 Å². The number of pyridine rings is 1. The van der Waals surface area contributed by atoms with Gasteiger partial charge in [0.05, 0.1) is 10.9 Å². The predicted molar refractivity (Wildman–Crippen MR) is 164 cm³/mol. The maximum Gasteiger partial charge on any atom is 0.319 e. The molecule has 9 rings (SSSR count). The molecule has 0 radical (unpaired) electrons. The van der Waals surface area contributed by atoms with Crippen molar-refractivity contribution in [2.24, 2.45) is 5.92 Å². The Morgan fingerprint density at radius 3 is 2.71 bits per heavy atom. The fourth-order valence-corrected chi connectivity index (χ4v) is 9.28. The third-order valence-corrected chi connectivity index (χ3v) is 11.1. The van der Waals surface area contributed by atoms with Crippen molar-refractivity contribution in [2.45, 2.75) is 74.8 Å². The van der Waals surface area contributed by atoms with Crippen molar-refractivity contribution < 1.29 is 23.0 Å². The average molecular weight is 617 g/mol. The molecule has 4 saturated heterocycles. The van der Waals surface area contributed by atoms with E-state index in [9.17, 15) is 9.50 Å². The number of phenolic OH excluding ortho intramolecular Hbond substituents is 1. The Morgan fingerprint density at radius 2 is 1.87 bits per heavy atom. The molecule has 2 N–H and O–H groups in total. The predicted octanol–water partition coefficient (Wildman–Crippen LogP) is 5.50. The van der Waals surface area contributed by atoms with Crippen LogP contribution in [0.25, 0.3) is 32.9 Å². The Bertz CT molecular complexity index is 1830. The van der Waals surface area contributed by atoms with Crippen LogP contribution in [-0.2, 0) is 0 Å². The molecule has 2 unspecified atom stereocenters. The van der Waals surface area contributed by atoms with Gasteiger partial charge in [0.2, 0.25) is 0 Å². The van der Waals surface area contributed by atoms with E-state index >= 15 is 8.78 Å². The van der Waals surface area contributed by atoms with E-state index in [2.05, 4.69) is 25.1 Å². The van der Waals surface area contributed by atoms with Crippen molar-refractivity contribution in [3.8, 4) is 23.0 Å². The van der Waals surface area contributed by atoms with Gasteiger partial charge in [-0.05, 0) is 61.6 Å². The minimum atomic E-state index is -0.900. The van der Waals surface area contributed by atoms with Crippen molar-refractivity contribution in [3.63, 3.8) is 0 Å². The zero-order chi connectivity index (χ0) is 30.4. The van der Waals surface area contributed by atoms with Gasteiger partial charge in [0.25, 0.3) is 0 Å². The third-order valence-electron chi connectivity index (χ3n) is 11.1. The molecule has 1 saturated carbocycles. The van der Waals surface area contributed by atoms with Crippen molar-refractivity contribution in [1.29, 1.82) is 0 Å². The van der Waals surface area contributed by atoms with Gasteiger partial charge in [-0.1, -0.05) is 18.6 Å². The van der Waals surface area contributed by atoms with Crippen molar-refractivity contribution in [2.75, 3.05) is 31.1 Å². The SMILES string of the molecule is Oc1cc(-c2ncc3c(N4CC5CCC(C4)N5)nc(OC[C@]45C[C@@H](F)CN4[C@H]4CCC[C@H]4C5)nc3c2F)c2c(F)cccc2c1. The number of hydrogen-bond acceptors (Lipinski definition) is 8. The van der Waals surface area contributed by atoms with Crippen molar-refractivity contribution in [3.05, 3.63) is 48.2 Å². The van der Waals surface area contributed by atoms with Crippen LogP contribution in [0.5, 0.6) is 11.8 Å². The van der Waals surface area contributed by atoms with Gasteiger partial charge >= 0.3 is 6.01 Å². The fraction of sp³-hybridized carbons (Fsp3) is 0.500. The number of hydrogen-bond donors (Lipinski definition) is 2. The number of anilines is 1. The highest BCUT2D eigenvalue weighted by molar-refractivity contribution is 6.00. The Hall–Kier alpha value is -3.70. The molecule has 0 amide bonds. The lowest BCUT2D eigenvalue weighted by Gasteiger charge is -2.35. The van der Waals surface area contributed by atoms with E-state index in [4.69, 9.17) is 9.72 Å². The molecule has 1 aliphatic carbocycles. The number of aromatic hydroxyl groups is 1. The molecule has 4 aliphatic heterocycles. The number of benzene rings is 2. The number of alkyl halides is 1. The number of aromatic nitrogens is 3. The third kappa shape index (κ3) is 4.37. The Balaban J connectivity index is 1.15. The van der Waals surface area contributed by atoms with E-state index in [1.807, 2.05) is 0 Å². The molecule has 5 fully saturated rings. The summed E-state index contributed by atoms with van der Waals surface area (Å²) in [6, 6.07) is 8.33. The molecule has 5 aliphatic rings. The molecule has 0 spiro atoms. The topological polar surface area (TPSA) is 86.6 Å². The second kappa shape index (κ2) is 10.2. The van der Waals surface area contributed by atoms with Crippen LogP contribution < -0.4 is 15.0 Å². The summed E-state index contributed by atoms with van der Waals surface area (Å²) in [6.45, 7) is 2.08. The molecule has 4 aromatic rings. The number of nitrogens with one attached hydrogen (secondary N) is 1. The highest BCUT2D eigenvalue weighted by Gasteiger charge is 2.58. The van der Waals surface area contributed by atoms with Crippen LogP contribution in [0.2, 0.25) is 0 Å². The fourth-order valence-electron chi connectivity index (χ4n) is 9.28. The summed E-state index contributed by atoms with van der Waals surface area (Å²) in [6.07, 6.45) is 7.49. The summed E-state index contributed by atoms with van der Waals surface area (Å²) < 4.78 is 53.0. The lowest BCUT2D eigenvalue weighted by molar-refractivity contribution is 0.0832. The maximum atomic E-state index is 16.7. The second-order valence-electron chi connectivity index (χ2n) is 13.8. The first kappa shape index (κ1) is 27.6. The number of rotatable bonds is 5. The van der Waals surface area contributed by atoms with Gasteiger partial charge in [-0.3, -0.25) is 9.88 Å². The second-order valence-corrected chi connectivity index (χ2v) is 13.8. The molecule has 6 heterocycles. The van der Waals surface area contributed by atoms with Crippen LogP contribution in [0.1, 0.15) is 44.9 Å². The summed E-state index contributed by atoms with van der Waals surface area (Å²) in [5, 5.41) is 15.1. The first-order chi connectivity index (χ1) is 21.8. The van der Waals surface area contributed by atoms with Gasteiger partial charge in [-0.25, -0.2) is 13.2 Å². The molecular weight excluding hydrogens is 581 g/mol.